The fourth-order valence-electron chi connectivity index (χ4n) is 3.18. The van der Waals surface area contributed by atoms with Crippen molar-refractivity contribution in [3.05, 3.63) is 53.3 Å². The number of carbonyl (C=O) groups excluding carboxylic acids is 1. The molecule has 5 nitrogen and oxygen atoms in total. The van der Waals surface area contributed by atoms with Crippen LogP contribution in [-0.4, -0.2) is 40.2 Å². The van der Waals surface area contributed by atoms with Gasteiger partial charge < -0.3 is 9.64 Å². The van der Waals surface area contributed by atoms with Gasteiger partial charge in [0.1, 0.15) is 11.8 Å². The van der Waals surface area contributed by atoms with Gasteiger partial charge in [-0.2, -0.15) is 5.10 Å². The summed E-state index contributed by atoms with van der Waals surface area (Å²) in [4.78, 5) is 14.6. The lowest BCUT2D eigenvalue weighted by Crippen LogP contribution is -2.46. The molecular formula is C18H21N3O2. The predicted molar refractivity (Wildman–Crippen MR) is 86.2 cm³/mol. The van der Waals surface area contributed by atoms with Gasteiger partial charge in [0.05, 0.1) is 12.6 Å². The van der Waals surface area contributed by atoms with E-state index in [9.17, 15) is 4.79 Å². The molecule has 2 aliphatic rings. The molecule has 2 aromatic rings. The Morgan fingerprint density at radius 1 is 1.26 bits per heavy atom. The first-order valence-electron chi connectivity index (χ1n) is 8.25. The zero-order valence-corrected chi connectivity index (χ0v) is 13.2. The second-order valence-electron chi connectivity index (χ2n) is 6.54. The number of aromatic amines is 1. The molecule has 2 atom stereocenters. The highest BCUT2D eigenvalue weighted by atomic mass is 16.5. The number of aromatic nitrogens is 2. The number of morpholine rings is 1. The van der Waals surface area contributed by atoms with E-state index < -0.39 is 0 Å². The predicted octanol–water partition coefficient (Wildman–Crippen LogP) is 2.89. The van der Waals surface area contributed by atoms with E-state index in [1.54, 1.807) is 0 Å². The summed E-state index contributed by atoms with van der Waals surface area (Å²) in [6.07, 6.45) is 2.33. The van der Waals surface area contributed by atoms with Gasteiger partial charge in [-0.15, -0.1) is 0 Å². The van der Waals surface area contributed by atoms with Crippen LogP contribution in [0.5, 0.6) is 0 Å². The molecule has 2 heterocycles. The summed E-state index contributed by atoms with van der Waals surface area (Å²) in [5.74, 6) is 0.564. The third-order valence-corrected chi connectivity index (χ3v) is 4.55. The number of ether oxygens (including phenoxy) is 1. The summed E-state index contributed by atoms with van der Waals surface area (Å²) in [5.41, 5.74) is 2.72. The Labute approximate surface area is 135 Å². The summed E-state index contributed by atoms with van der Waals surface area (Å²) in [5, 5.41) is 7.23. The lowest BCUT2D eigenvalue weighted by atomic mass is 10.1. The molecular weight excluding hydrogens is 290 g/mol. The summed E-state index contributed by atoms with van der Waals surface area (Å²) in [6.45, 7) is 3.18. The molecule has 2 fully saturated rings. The van der Waals surface area contributed by atoms with Crippen LogP contribution in [0.3, 0.4) is 0 Å². The van der Waals surface area contributed by atoms with Crippen molar-refractivity contribution in [2.45, 2.75) is 37.9 Å². The molecule has 0 radical (unpaired) electrons. The smallest absolute Gasteiger partial charge is 0.274 e. The van der Waals surface area contributed by atoms with Gasteiger partial charge in [-0.25, -0.2) is 0 Å². The maximum Gasteiger partial charge on any atom is 0.274 e. The number of hydrogen-bond donors (Lipinski definition) is 1. The highest BCUT2D eigenvalue weighted by Crippen LogP contribution is 2.39. The Hall–Kier alpha value is -2.14. The molecule has 23 heavy (non-hydrogen) atoms. The number of hydrogen-bond acceptors (Lipinski definition) is 3. The van der Waals surface area contributed by atoms with Crippen LogP contribution in [0.4, 0.5) is 0 Å². The van der Waals surface area contributed by atoms with E-state index in [2.05, 4.69) is 10.2 Å². The molecule has 1 aromatic carbocycles. The number of nitrogens with zero attached hydrogens (tertiary/aromatic N) is 2. The van der Waals surface area contributed by atoms with Crippen molar-refractivity contribution in [1.29, 1.82) is 0 Å². The Balaban J connectivity index is 1.51. The minimum atomic E-state index is -0.0780. The number of H-pyrrole nitrogens is 1. The second-order valence-corrected chi connectivity index (χ2v) is 6.54. The Kier molecular flexibility index (Phi) is 3.65. The van der Waals surface area contributed by atoms with E-state index in [1.165, 1.54) is 12.8 Å². The highest BCUT2D eigenvalue weighted by Gasteiger charge is 2.32. The quantitative estimate of drug-likeness (QED) is 0.948. The lowest BCUT2D eigenvalue weighted by molar-refractivity contribution is -0.0692. The molecule has 1 aliphatic heterocycles. The Bertz CT molecular complexity index is 693. The zero-order valence-electron chi connectivity index (χ0n) is 13.2. The summed E-state index contributed by atoms with van der Waals surface area (Å²) in [7, 11) is 0. The summed E-state index contributed by atoms with van der Waals surface area (Å²) in [6, 6.07) is 12.0. The normalized spacial score (nSPS) is 24.7. The number of carbonyl (C=O) groups is 1. The van der Waals surface area contributed by atoms with Gasteiger partial charge in [0.2, 0.25) is 0 Å². The number of rotatable bonds is 3. The minimum absolute atomic E-state index is 0.00997. The zero-order chi connectivity index (χ0) is 15.8. The SMILES string of the molecule is CC1CN(C(=O)c2cc(C3CC3)[nH]n2)CC(c2ccccc2)O1. The van der Waals surface area contributed by atoms with Crippen LogP contribution in [-0.2, 0) is 4.74 Å². The van der Waals surface area contributed by atoms with E-state index in [0.717, 1.165) is 11.3 Å². The van der Waals surface area contributed by atoms with Gasteiger partial charge in [0.25, 0.3) is 5.91 Å². The van der Waals surface area contributed by atoms with Gasteiger partial charge in [0.15, 0.2) is 0 Å². The van der Waals surface area contributed by atoms with Crippen molar-refractivity contribution < 1.29 is 9.53 Å². The van der Waals surface area contributed by atoms with Crippen molar-refractivity contribution in [2.24, 2.45) is 0 Å². The largest absolute Gasteiger partial charge is 0.367 e. The Morgan fingerprint density at radius 3 is 2.78 bits per heavy atom. The molecule has 120 valence electrons. The van der Waals surface area contributed by atoms with Gasteiger partial charge in [-0.3, -0.25) is 9.89 Å². The summed E-state index contributed by atoms with van der Waals surface area (Å²) >= 11 is 0. The van der Waals surface area contributed by atoms with Crippen LogP contribution in [0.15, 0.2) is 36.4 Å². The van der Waals surface area contributed by atoms with Crippen molar-refractivity contribution >= 4 is 5.91 Å². The molecule has 0 spiro atoms. The third kappa shape index (κ3) is 3.01. The fourth-order valence-corrected chi connectivity index (χ4v) is 3.18. The lowest BCUT2D eigenvalue weighted by Gasteiger charge is -2.36. The van der Waals surface area contributed by atoms with Crippen molar-refractivity contribution in [3.8, 4) is 0 Å². The van der Waals surface area contributed by atoms with Crippen molar-refractivity contribution in [1.82, 2.24) is 15.1 Å². The van der Waals surface area contributed by atoms with Crippen molar-refractivity contribution in [2.75, 3.05) is 13.1 Å². The van der Waals surface area contributed by atoms with E-state index in [1.807, 2.05) is 48.2 Å². The first kappa shape index (κ1) is 14.5. The van der Waals surface area contributed by atoms with Gasteiger partial charge in [-0.05, 0) is 31.4 Å². The van der Waals surface area contributed by atoms with Crippen LogP contribution in [0.1, 0.15) is 53.5 Å². The first-order valence-corrected chi connectivity index (χ1v) is 8.25. The maximum atomic E-state index is 12.8. The minimum Gasteiger partial charge on any atom is -0.367 e. The van der Waals surface area contributed by atoms with Crippen LogP contribution < -0.4 is 0 Å². The van der Waals surface area contributed by atoms with Gasteiger partial charge in [-0.1, -0.05) is 30.3 Å². The van der Waals surface area contributed by atoms with Gasteiger partial charge in [0, 0.05) is 18.2 Å². The van der Waals surface area contributed by atoms with Crippen LogP contribution in [0.25, 0.3) is 0 Å². The van der Waals surface area contributed by atoms with E-state index in [0.29, 0.717) is 24.7 Å². The van der Waals surface area contributed by atoms with E-state index in [-0.39, 0.29) is 18.1 Å². The molecule has 0 bridgehead atoms. The number of amides is 1. The van der Waals surface area contributed by atoms with Gasteiger partial charge >= 0.3 is 0 Å². The van der Waals surface area contributed by atoms with E-state index in [4.69, 9.17) is 4.74 Å². The molecule has 4 rings (SSSR count). The monoisotopic (exact) mass is 311 g/mol. The Morgan fingerprint density at radius 2 is 2.04 bits per heavy atom. The highest BCUT2D eigenvalue weighted by molar-refractivity contribution is 5.92. The first-order chi connectivity index (χ1) is 11.2. The molecule has 1 N–H and O–H groups in total. The summed E-state index contributed by atoms with van der Waals surface area (Å²) < 4.78 is 6.02. The molecule has 1 saturated carbocycles. The van der Waals surface area contributed by atoms with E-state index >= 15 is 0 Å². The molecule has 1 aliphatic carbocycles. The second kappa shape index (κ2) is 5.81. The van der Waals surface area contributed by atoms with Crippen LogP contribution in [0.2, 0.25) is 0 Å². The fraction of sp³-hybridized carbons (Fsp3) is 0.444. The van der Waals surface area contributed by atoms with Crippen molar-refractivity contribution in [3.63, 3.8) is 0 Å². The number of benzene rings is 1. The topological polar surface area (TPSA) is 58.2 Å². The molecule has 1 saturated heterocycles. The average Bonchev–Trinajstić information content (AvgIpc) is 3.32. The molecule has 1 aromatic heterocycles. The number of nitrogens with one attached hydrogen (secondary N) is 1. The maximum absolute atomic E-state index is 12.8. The molecule has 1 amide bonds. The van der Waals surface area contributed by atoms with Crippen LogP contribution >= 0.6 is 0 Å². The average molecular weight is 311 g/mol. The van der Waals surface area contributed by atoms with Crippen LogP contribution in [0, 0.1) is 0 Å². The third-order valence-electron chi connectivity index (χ3n) is 4.55. The molecule has 2 unspecified atom stereocenters. The molecule has 5 heteroatoms. The standard InChI is InChI=1S/C18H21N3O2/c1-12-10-21(11-17(23-12)14-5-3-2-4-6-14)18(22)16-9-15(19-20-16)13-7-8-13/h2-6,9,12-13,17H,7-8,10-11H2,1H3,(H,19,20).